The lowest BCUT2D eigenvalue weighted by Crippen LogP contribution is -2.32. The molecule has 3 aromatic rings. The van der Waals surface area contributed by atoms with Gasteiger partial charge in [-0.3, -0.25) is 14.5 Å². The lowest BCUT2D eigenvalue weighted by atomic mass is 10.1. The largest absolute Gasteiger partial charge is 0.467 e. The van der Waals surface area contributed by atoms with Crippen molar-refractivity contribution in [2.45, 2.75) is 18.2 Å². The molecule has 166 valence electrons. The number of nitrogens with zero attached hydrogens (tertiary/aromatic N) is 2. The third-order valence-electron chi connectivity index (χ3n) is 4.93. The minimum atomic E-state index is -0.583. The van der Waals surface area contributed by atoms with Crippen molar-refractivity contribution in [1.29, 1.82) is 5.26 Å². The zero-order valence-electron chi connectivity index (χ0n) is 17.1. The van der Waals surface area contributed by atoms with E-state index in [1.165, 1.54) is 22.9 Å². The van der Waals surface area contributed by atoms with Gasteiger partial charge in [-0.05, 0) is 48.4 Å². The molecule has 6 nitrogen and oxygen atoms in total. The van der Waals surface area contributed by atoms with Crippen molar-refractivity contribution in [2.24, 2.45) is 0 Å². The summed E-state index contributed by atoms with van der Waals surface area (Å²) in [6.45, 7) is 0.126. The second-order valence-electron chi connectivity index (χ2n) is 7.12. The highest BCUT2D eigenvalue weighted by Gasteiger charge is 2.40. The van der Waals surface area contributed by atoms with E-state index in [1.807, 2.05) is 12.1 Å². The normalized spacial score (nSPS) is 17.1. The van der Waals surface area contributed by atoms with Crippen molar-refractivity contribution in [1.82, 2.24) is 5.32 Å². The van der Waals surface area contributed by atoms with E-state index >= 15 is 0 Å². The van der Waals surface area contributed by atoms with Crippen LogP contribution in [-0.4, -0.2) is 17.1 Å². The first kappa shape index (κ1) is 23.0. The maximum absolute atomic E-state index is 13.4. The molecule has 0 bridgehead atoms. The molecule has 1 fully saturated rings. The van der Waals surface area contributed by atoms with Crippen molar-refractivity contribution in [2.75, 3.05) is 4.90 Å². The summed E-state index contributed by atoms with van der Waals surface area (Å²) in [6.07, 6.45) is 1.86. The molecule has 2 heterocycles. The Balaban J connectivity index is 1.66. The second kappa shape index (κ2) is 10.2. The molecule has 0 spiro atoms. The number of furan rings is 1. The molecule has 0 saturated carbocycles. The minimum absolute atomic E-state index is 0.126. The fourth-order valence-corrected chi connectivity index (χ4v) is 4.98. The van der Waals surface area contributed by atoms with Crippen molar-refractivity contribution in [3.8, 4) is 6.07 Å². The van der Waals surface area contributed by atoms with Gasteiger partial charge in [0.15, 0.2) is 0 Å². The van der Waals surface area contributed by atoms with Gasteiger partial charge < -0.3 is 9.73 Å². The Bertz CT molecular complexity index is 1250. The average molecular weight is 498 g/mol. The summed E-state index contributed by atoms with van der Waals surface area (Å²) in [6, 6.07) is 19.5. The number of anilines is 1. The number of hydrogen-bond acceptors (Lipinski definition) is 5. The van der Waals surface area contributed by atoms with Crippen molar-refractivity contribution < 1.29 is 14.0 Å². The van der Waals surface area contributed by atoms with Crippen LogP contribution in [-0.2, 0) is 22.6 Å². The van der Waals surface area contributed by atoms with Gasteiger partial charge in [-0.2, -0.15) is 5.26 Å². The van der Waals surface area contributed by atoms with Crippen LogP contribution in [0.3, 0.4) is 0 Å². The van der Waals surface area contributed by atoms with Gasteiger partial charge in [0.25, 0.3) is 5.91 Å². The van der Waals surface area contributed by atoms with E-state index in [0.29, 0.717) is 27.9 Å². The Labute approximate surface area is 204 Å². The Morgan fingerprint density at radius 3 is 2.58 bits per heavy atom. The summed E-state index contributed by atoms with van der Waals surface area (Å²) in [5.41, 5.74) is 1.26. The van der Waals surface area contributed by atoms with Crippen molar-refractivity contribution >= 4 is 52.5 Å². The SMILES string of the molecule is N#C/C(C(=O)NCc1ccco1)=C1/S[C@@H](Cc2ccc(Cl)c(Cl)c2)C(=O)N1c1ccccc1. The summed E-state index contributed by atoms with van der Waals surface area (Å²) < 4.78 is 5.23. The number of nitriles is 1. The Hall–Kier alpha value is -3.18. The van der Waals surface area contributed by atoms with E-state index < -0.39 is 11.2 Å². The molecule has 0 radical (unpaired) electrons. The van der Waals surface area contributed by atoms with Gasteiger partial charge in [0.1, 0.15) is 22.4 Å². The van der Waals surface area contributed by atoms with Gasteiger partial charge >= 0.3 is 0 Å². The third kappa shape index (κ3) is 5.09. The number of thioether (sulfide) groups is 1. The minimum Gasteiger partial charge on any atom is -0.467 e. The van der Waals surface area contributed by atoms with Crippen LogP contribution in [0.5, 0.6) is 0 Å². The van der Waals surface area contributed by atoms with Crippen LogP contribution >= 0.6 is 35.0 Å². The third-order valence-corrected chi connectivity index (χ3v) is 6.93. The van der Waals surface area contributed by atoms with Crippen molar-refractivity contribution in [3.63, 3.8) is 0 Å². The number of carbonyl (C=O) groups excluding carboxylic acids is 2. The van der Waals surface area contributed by atoms with Crippen LogP contribution in [0.1, 0.15) is 11.3 Å². The molecule has 33 heavy (non-hydrogen) atoms. The number of nitrogens with one attached hydrogen (secondary N) is 1. The van der Waals surface area contributed by atoms with Crippen LogP contribution < -0.4 is 10.2 Å². The van der Waals surface area contributed by atoms with E-state index in [2.05, 4.69) is 5.32 Å². The molecule has 1 atom stereocenters. The first-order chi connectivity index (χ1) is 16.0. The molecule has 1 aliphatic heterocycles. The molecule has 2 amide bonds. The van der Waals surface area contributed by atoms with Crippen molar-refractivity contribution in [3.05, 3.63) is 98.9 Å². The van der Waals surface area contributed by atoms with Gasteiger partial charge in [0, 0.05) is 5.69 Å². The van der Waals surface area contributed by atoms with E-state index in [-0.39, 0.29) is 23.1 Å². The number of rotatable bonds is 6. The predicted octanol–water partition coefficient (Wildman–Crippen LogP) is 5.33. The maximum Gasteiger partial charge on any atom is 0.265 e. The summed E-state index contributed by atoms with van der Waals surface area (Å²) in [4.78, 5) is 27.7. The molecule has 1 aliphatic rings. The number of carbonyl (C=O) groups is 2. The first-order valence-electron chi connectivity index (χ1n) is 9.92. The number of amides is 2. The molecule has 1 N–H and O–H groups in total. The topological polar surface area (TPSA) is 86.3 Å². The molecule has 4 rings (SSSR count). The van der Waals surface area contributed by atoms with Gasteiger partial charge in [-0.25, -0.2) is 0 Å². The molecule has 1 saturated heterocycles. The summed E-state index contributed by atoms with van der Waals surface area (Å²) in [5, 5.41) is 13.1. The second-order valence-corrected chi connectivity index (χ2v) is 9.13. The molecule has 1 aromatic heterocycles. The molecular weight excluding hydrogens is 481 g/mol. The average Bonchev–Trinajstić information content (AvgIpc) is 3.44. The smallest absolute Gasteiger partial charge is 0.265 e. The highest BCUT2D eigenvalue weighted by molar-refractivity contribution is 8.05. The van der Waals surface area contributed by atoms with Crippen LogP contribution in [0, 0.1) is 11.3 Å². The lowest BCUT2D eigenvalue weighted by Gasteiger charge is -2.18. The standard InChI is InChI=1S/C24H17Cl2N3O3S/c25-19-9-8-15(11-20(19)26)12-21-23(31)29(16-5-2-1-3-6-16)24(33-21)18(13-27)22(30)28-14-17-7-4-10-32-17/h1-11,21H,12,14H2,(H,28,30)/b24-18-/t21-/m0/s1. The number of halogens is 2. The van der Waals surface area contributed by atoms with Gasteiger partial charge in [-0.15, -0.1) is 0 Å². The van der Waals surface area contributed by atoms with E-state index in [1.54, 1.807) is 54.6 Å². The number of hydrogen-bond donors (Lipinski definition) is 1. The summed E-state index contributed by atoms with van der Waals surface area (Å²) >= 11 is 13.3. The predicted molar refractivity (Wildman–Crippen MR) is 129 cm³/mol. The lowest BCUT2D eigenvalue weighted by molar-refractivity contribution is -0.117. The summed E-state index contributed by atoms with van der Waals surface area (Å²) in [7, 11) is 0. The number of benzene rings is 2. The Morgan fingerprint density at radius 2 is 1.91 bits per heavy atom. The maximum atomic E-state index is 13.4. The quantitative estimate of drug-likeness (QED) is 0.367. The number of para-hydroxylation sites is 1. The summed E-state index contributed by atoms with van der Waals surface area (Å²) in [5.74, 6) is -0.252. The van der Waals surface area contributed by atoms with E-state index in [0.717, 1.165) is 5.56 Å². The Morgan fingerprint density at radius 1 is 1.12 bits per heavy atom. The first-order valence-corrected chi connectivity index (χ1v) is 11.6. The fraction of sp³-hybridized carbons (Fsp3) is 0.125. The van der Waals surface area contributed by atoms with E-state index in [9.17, 15) is 14.9 Å². The monoisotopic (exact) mass is 497 g/mol. The molecule has 0 aliphatic carbocycles. The van der Waals surface area contributed by atoms with Gasteiger partial charge in [0.2, 0.25) is 5.91 Å². The zero-order chi connectivity index (χ0) is 23.4. The van der Waals surface area contributed by atoms with Crippen LogP contribution in [0.4, 0.5) is 5.69 Å². The van der Waals surface area contributed by atoms with Gasteiger partial charge in [0.05, 0.1) is 28.1 Å². The molecule has 9 heteroatoms. The molecular formula is C24H17Cl2N3O3S. The molecule has 2 aromatic carbocycles. The Kier molecular flexibility index (Phi) is 7.09. The van der Waals surface area contributed by atoms with Gasteiger partial charge in [-0.1, -0.05) is 59.2 Å². The van der Waals surface area contributed by atoms with Crippen LogP contribution in [0.2, 0.25) is 10.0 Å². The zero-order valence-corrected chi connectivity index (χ0v) is 19.5. The fourth-order valence-electron chi connectivity index (χ4n) is 3.35. The highest BCUT2D eigenvalue weighted by Crippen LogP contribution is 2.42. The van der Waals surface area contributed by atoms with Crippen LogP contribution in [0.15, 0.2) is 81.9 Å². The van der Waals surface area contributed by atoms with Crippen LogP contribution in [0.25, 0.3) is 0 Å². The highest BCUT2D eigenvalue weighted by atomic mass is 35.5. The van der Waals surface area contributed by atoms with E-state index in [4.69, 9.17) is 27.6 Å². The molecule has 0 unspecified atom stereocenters.